The van der Waals surface area contributed by atoms with Crippen LogP contribution in [0.15, 0.2) is 35.6 Å². The standard InChI is InChI=1S/C16H21N5/c1-12-18-7-9-21(12)10-8-19-16(17)20-15-6-5-13-3-2-4-14(13)11-15/h5-7,9,11H,2-4,8,10H2,1H3,(H3,17,19,20). The van der Waals surface area contributed by atoms with Crippen molar-refractivity contribution in [3.63, 3.8) is 0 Å². The maximum absolute atomic E-state index is 5.94. The number of aromatic nitrogens is 2. The van der Waals surface area contributed by atoms with Crippen LogP contribution in [0.2, 0.25) is 0 Å². The zero-order valence-electron chi connectivity index (χ0n) is 12.3. The molecule has 0 amide bonds. The van der Waals surface area contributed by atoms with Gasteiger partial charge in [0.25, 0.3) is 0 Å². The summed E-state index contributed by atoms with van der Waals surface area (Å²) < 4.78 is 2.06. The first-order valence-electron chi connectivity index (χ1n) is 7.39. The normalized spacial score (nSPS) is 14.2. The van der Waals surface area contributed by atoms with Gasteiger partial charge in [-0.05, 0) is 49.4 Å². The number of nitrogens with one attached hydrogen (secondary N) is 1. The van der Waals surface area contributed by atoms with Gasteiger partial charge in [0.05, 0.1) is 6.54 Å². The molecule has 3 rings (SSSR count). The molecule has 0 atom stereocenters. The Kier molecular flexibility index (Phi) is 3.90. The van der Waals surface area contributed by atoms with E-state index in [9.17, 15) is 0 Å². The van der Waals surface area contributed by atoms with Crippen molar-refractivity contribution in [2.75, 3.05) is 11.9 Å². The van der Waals surface area contributed by atoms with Crippen LogP contribution in [0.5, 0.6) is 0 Å². The van der Waals surface area contributed by atoms with E-state index < -0.39 is 0 Å². The lowest BCUT2D eigenvalue weighted by Crippen LogP contribution is -2.23. The number of aliphatic imine (C=N–C) groups is 1. The number of anilines is 1. The molecule has 21 heavy (non-hydrogen) atoms. The van der Waals surface area contributed by atoms with Gasteiger partial charge in [0, 0.05) is 24.6 Å². The van der Waals surface area contributed by atoms with Crippen LogP contribution in [0.4, 0.5) is 5.69 Å². The van der Waals surface area contributed by atoms with Crippen molar-refractivity contribution in [3.8, 4) is 0 Å². The first kappa shape index (κ1) is 13.7. The number of rotatable bonds is 4. The van der Waals surface area contributed by atoms with Crippen molar-refractivity contribution >= 4 is 11.6 Å². The predicted octanol–water partition coefficient (Wildman–Crippen LogP) is 2.11. The number of hydrogen-bond donors (Lipinski definition) is 2. The SMILES string of the molecule is Cc1nccn1CCN=C(N)Nc1ccc2c(c1)CCC2. The molecule has 1 aromatic carbocycles. The van der Waals surface area contributed by atoms with Crippen LogP contribution < -0.4 is 11.1 Å². The summed E-state index contributed by atoms with van der Waals surface area (Å²) in [5.41, 5.74) is 9.86. The molecule has 0 aliphatic heterocycles. The third-order valence-electron chi connectivity index (χ3n) is 3.92. The maximum atomic E-state index is 5.94. The third-order valence-corrected chi connectivity index (χ3v) is 3.92. The van der Waals surface area contributed by atoms with Gasteiger partial charge in [-0.2, -0.15) is 0 Å². The molecule has 0 fully saturated rings. The van der Waals surface area contributed by atoms with Crippen LogP contribution in [0.25, 0.3) is 0 Å². The number of benzene rings is 1. The van der Waals surface area contributed by atoms with Crippen molar-refractivity contribution in [2.24, 2.45) is 10.7 Å². The van der Waals surface area contributed by atoms with Crippen molar-refractivity contribution in [1.29, 1.82) is 0 Å². The smallest absolute Gasteiger partial charge is 0.193 e. The summed E-state index contributed by atoms with van der Waals surface area (Å²) in [6.07, 6.45) is 7.37. The monoisotopic (exact) mass is 283 g/mol. The van der Waals surface area contributed by atoms with Crippen LogP contribution in [-0.4, -0.2) is 22.1 Å². The molecule has 5 heteroatoms. The fraction of sp³-hybridized carbons (Fsp3) is 0.375. The molecule has 110 valence electrons. The van der Waals surface area contributed by atoms with Gasteiger partial charge in [-0.15, -0.1) is 0 Å². The molecule has 5 nitrogen and oxygen atoms in total. The Labute approximate surface area is 124 Å². The van der Waals surface area contributed by atoms with Gasteiger partial charge in [0.2, 0.25) is 0 Å². The lowest BCUT2D eigenvalue weighted by molar-refractivity contribution is 0.685. The summed E-state index contributed by atoms with van der Waals surface area (Å²) in [6, 6.07) is 6.45. The zero-order valence-corrected chi connectivity index (χ0v) is 12.3. The second-order valence-electron chi connectivity index (χ2n) is 5.40. The average Bonchev–Trinajstić information content (AvgIpc) is 3.07. The van der Waals surface area contributed by atoms with Gasteiger partial charge in [-0.3, -0.25) is 4.99 Å². The Morgan fingerprint density at radius 3 is 3.05 bits per heavy atom. The molecule has 1 heterocycles. The first-order valence-corrected chi connectivity index (χ1v) is 7.39. The fourth-order valence-electron chi connectivity index (χ4n) is 2.76. The van der Waals surface area contributed by atoms with Gasteiger partial charge in [-0.1, -0.05) is 6.07 Å². The molecule has 1 aliphatic carbocycles. The molecule has 2 aromatic rings. The third kappa shape index (κ3) is 3.24. The summed E-state index contributed by atoms with van der Waals surface area (Å²) in [5, 5.41) is 3.17. The summed E-state index contributed by atoms with van der Waals surface area (Å²) in [5.74, 6) is 1.46. The van der Waals surface area contributed by atoms with E-state index in [4.69, 9.17) is 5.73 Å². The zero-order chi connectivity index (χ0) is 14.7. The largest absolute Gasteiger partial charge is 0.370 e. The van der Waals surface area contributed by atoms with Gasteiger partial charge in [0.1, 0.15) is 5.82 Å². The Balaban J connectivity index is 1.57. The summed E-state index contributed by atoms with van der Waals surface area (Å²) in [6.45, 7) is 3.41. The van der Waals surface area contributed by atoms with Crippen LogP contribution in [0.3, 0.4) is 0 Å². The Bertz CT molecular complexity index is 656. The number of fused-ring (bicyclic) bond motifs is 1. The number of aryl methyl sites for hydroxylation is 3. The Morgan fingerprint density at radius 1 is 1.38 bits per heavy atom. The summed E-state index contributed by atoms with van der Waals surface area (Å²) >= 11 is 0. The van der Waals surface area contributed by atoms with Crippen molar-refractivity contribution in [3.05, 3.63) is 47.5 Å². The molecule has 0 spiro atoms. The van der Waals surface area contributed by atoms with Gasteiger partial charge in [0.15, 0.2) is 5.96 Å². The second-order valence-corrected chi connectivity index (χ2v) is 5.40. The maximum Gasteiger partial charge on any atom is 0.193 e. The van der Waals surface area contributed by atoms with Crippen molar-refractivity contribution in [2.45, 2.75) is 32.7 Å². The van der Waals surface area contributed by atoms with Crippen molar-refractivity contribution in [1.82, 2.24) is 9.55 Å². The highest BCUT2D eigenvalue weighted by atomic mass is 15.1. The van der Waals surface area contributed by atoms with E-state index in [2.05, 4.69) is 38.1 Å². The number of nitrogens with zero attached hydrogens (tertiary/aromatic N) is 3. The molecule has 0 saturated heterocycles. The van der Waals surface area contributed by atoms with Gasteiger partial charge in [-0.25, -0.2) is 4.98 Å². The highest BCUT2D eigenvalue weighted by molar-refractivity contribution is 5.92. The fourth-order valence-corrected chi connectivity index (χ4v) is 2.76. The summed E-state index contributed by atoms with van der Waals surface area (Å²) in [7, 11) is 0. The molecule has 0 radical (unpaired) electrons. The van der Waals surface area contributed by atoms with E-state index in [1.807, 2.05) is 13.1 Å². The summed E-state index contributed by atoms with van der Waals surface area (Å²) in [4.78, 5) is 8.55. The first-order chi connectivity index (χ1) is 10.2. The Hall–Kier alpha value is -2.30. The van der Waals surface area contributed by atoms with E-state index in [0.717, 1.165) is 18.1 Å². The molecular weight excluding hydrogens is 262 g/mol. The number of guanidine groups is 1. The lowest BCUT2D eigenvalue weighted by Gasteiger charge is -2.08. The highest BCUT2D eigenvalue weighted by Crippen LogP contribution is 2.24. The number of imidazole rings is 1. The van der Waals surface area contributed by atoms with E-state index >= 15 is 0 Å². The molecule has 0 unspecified atom stereocenters. The van der Waals surface area contributed by atoms with Crippen LogP contribution >= 0.6 is 0 Å². The molecule has 1 aromatic heterocycles. The van der Waals surface area contributed by atoms with E-state index in [1.165, 1.54) is 30.4 Å². The minimum Gasteiger partial charge on any atom is -0.370 e. The topological polar surface area (TPSA) is 68.2 Å². The number of hydrogen-bond acceptors (Lipinski definition) is 2. The minimum atomic E-state index is 0.464. The van der Waals surface area contributed by atoms with Gasteiger partial charge < -0.3 is 15.6 Å². The average molecular weight is 283 g/mol. The molecule has 0 bridgehead atoms. The van der Waals surface area contributed by atoms with E-state index in [1.54, 1.807) is 6.20 Å². The highest BCUT2D eigenvalue weighted by Gasteiger charge is 2.10. The number of nitrogens with two attached hydrogens (primary N) is 1. The van der Waals surface area contributed by atoms with E-state index in [-0.39, 0.29) is 0 Å². The van der Waals surface area contributed by atoms with Gasteiger partial charge >= 0.3 is 0 Å². The quantitative estimate of drug-likeness (QED) is 0.667. The molecule has 3 N–H and O–H groups in total. The van der Waals surface area contributed by atoms with Crippen LogP contribution in [0.1, 0.15) is 23.4 Å². The second kappa shape index (κ2) is 5.99. The predicted molar refractivity (Wildman–Crippen MR) is 85.5 cm³/mol. The van der Waals surface area contributed by atoms with E-state index in [0.29, 0.717) is 12.5 Å². The lowest BCUT2D eigenvalue weighted by atomic mass is 10.1. The Morgan fingerprint density at radius 2 is 2.24 bits per heavy atom. The van der Waals surface area contributed by atoms with Crippen LogP contribution in [0, 0.1) is 6.92 Å². The molecule has 0 saturated carbocycles. The molecule has 1 aliphatic rings. The minimum absolute atomic E-state index is 0.464. The van der Waals surface area contributed by atoms with Crippen molar-refractivity contribution < 1.29 is 0 Å². The molecular formula is C16H21N5. The van der Waals surface area contributed by atoms with Crippen LogP contribution in [-0.2, 0) is 19.4 Å².